The molecule has 1 aliphatic heterocycles. The standard InChI is InChI=1S/C20H24N6O/c1-14-10-22-16(11-21-14)12-23-20(27)26-8-4-5-15(13-26)9-19-24-17-6-2-3-7-18(17)25-19/h2-3,6-7,10-11,15H,4-5,8-9,12-13H2,1H3,(H,23,27)(H,24,25). The van der Waals surface area contributed by atoms with Crippen molar-refractivity contribution in [2.45, 2.75) is 32.7 Å². The van der Waals surface area contributed by atoms with E-state index in [1.165, 1.54) is 0 Å². The number of hydrogen-bond acceptors (Lipinski definition) is 4. The number of aryl methyl sites for hydroxylation is 1. The highest BCUT2D eigenvalue weighted by atomic mass is 16.2. The molecule has 7 heteroatoms. The summed E-state index contributed by atoms with van der Waals surface area (Å²) in [6, 6.07) is 8.03. The van der Waals surface area contributed by atoms with E-state index in [0.29, 0.717) is 12.5 Å². The van der Waals surface area contributed by atoms with Crippen LogP contribution in [0.5, 0.6) is 0 Å². The fourth-order valence-electron chi connectivity index (χ4n) is 3.58. The highest BCUT2D eigenvalue weighted by Gasteiger charge is 2.24. The lowest BCUT2D eigenvalue weighted by molar-refractivity contribution is 0.164. The summed E-state index contributed by atoms with van der Waals surface area (Å²) >= 11 is 0. The zero-order valence-electron chi connectivity index (χ0n) is 15.5. The highest BCUT2D eigenvalue weighted by molar-refractivity contribution is 5.75. The molecule has 2 N–H and O–H groups in total. The zero-order chi connectivity index (χ0) is 18.6. The third-order valence-corrected chi connectivity index (χ3v) is 4.98. The zero-order valence-corrected chi connectivity index (χ0v) is 15.5. The third kappa shape index (κ3) is 4.24. The normalized spacial score (nSPS) is 17.2. The van der Waals surface area contributed by atoms with Gasteiger partial charge in [0, 0.05) is 25.7 Å². The van der Waals surface area contributed by atoms with Gasteiger partial charge >= 0.3 is 6.03 Å². The average Bonchev–Trinajstić information content (AvgIpc) is 3.09. The Kier molecular flexibility index (Phi) is 5.00. The molecular weight excluding hydrogens is 340 g/mol. The lowest BCUT2D eigenvalue weighted by atomic mass is 9.95. The first-order valence-electron chi connectivity index (χ1n) is 9.41. The number of rotatable bonds is 4. The number of nitrogens with one attached hydrogen (secondary N) is 2. The number of para-hydroxylation sites is 2. The van der Waals surface area contributed by atoms with E-state index in [0.717, 1.165) is 60.6 Å². The number of amides is 2. The Bertz CT molecular complexity index is 887. The van der Waals surface area contributed by atoms with Crippen molar-refractivity contribution >= 4 is 17.1 Å². The number of nitrogens with zero attached hydrogens (tertiary/aromatic N) is 4. The summed E-state index contributed by atoms with van der Waals surface area (Å²) in [5, 5.41) is 2.96. The second-order valence-corrected chi connectivity index (χ2v) is 7.17. The molecule has 0 spiro atoms. The van der Waals surface area contributed by atoms with Crippen molar-refractivity contribution in [2.75, 3.05) is 13.1 Å². The number of imidazole rings is 1. The van der Waals surface area contributed by atoms with Gasteiger partial charge in [-0.25, -0.2) is 9.78 Å². The number of benzene rings is 1. The number of carbonyl (C=O) groups is 1. The maximum atomic E-state index is 12.5. The summed E-state index contributed by atoms with van der Waals surface area (Å²) in [5.41, 5.74) is 3.70. The second-order valence-electron chi connectivity index (χ2n) is 7.17. The van der Waals surface area contributed by atoms with Crippen molar-refractivity contribution in [3.05, 3.63) is 53.9 Å². The molecule has 0 bridgehead atoms. The first-order valence-corrected chi connectivity index (χ1v) is 9.41. The number of carbonyl (C=O) groups excluding carboxylic acids is 1. The molecule has 2 amide bonds. The molecule has 1 aliphatic rings. The van der Waals surface area contributed by atoms with Crippen LogP contribution in [-0.2, 0) is 13.0 Å². The summed E-state index contributed by atoms with van der Waals surface area (Å²) in [6.45, 7) is 3.84. The number of aromatic amines is 1. The molecule has 0 saturated carbocycles. The van der Waals surface area contributed by atoms with E-state index in [-0.39, 0.29) is 6.03 Å². The molecule has 1 aromatic carbocycles. The molecule has 0 aliphatic carbocycles. The van der Waals surface area contributed by atoms with Gasteiger partial charge < -0.3 is 15.2 Å². The third-order valence-electron chi connectivity index (χ3n) is 4.98. The van der Waals surface area contributed by atoms with Crippen LogP contribution in [0.4, 0.5) is 4.79 Å². The Hall–Kier alpha value is -2.96. The molecule has 2 aromatic heterocycles. The molecule has 1 unspecified atom stereocenters. The predicted octanol–water partition coefficient (Wildman–Crippen LogP) is 2.83. The van der Waals surface area contributed by atoms with E-state index in [4.69, 9.17) is 0 Å². The number of fused-ring (bicyclic) bond motifs is 1. The minimum Gasteiger partial charge on any atom is -0.342 e. The molecule has 3 heterocycles. The Balaban J connectivity index is 1.33. The van der Waals surface area contributed by atoms with Crippen LogP contribution < -0.4 is 5.32 Å². The minimum absolute atomic E-state index is 0.0355. The molecule has 1 saturated heterocycles. The summed E-state index contributed by atoms with van der Waals surface area (Å²) in [4.78, 5) is 31.0. The molecule has 1 fully saturated rings. The number of hydrogen-bond donors (Lipinski definition) is 2. The predicted molar refractivity (Wildman–Crippen MR) is 103 cm³/mol. The Morgan fingerprint density at radius 3 is 3.00 bits per heavy atom. The average molecular weight is 364 g/mol. The molecule has 7 nitrogen and oxygen atoms in total. The fraction of sp³-hybridized carbons (Fsp3) is 0.400. The van der Waals surface area contributed by atoms with Gasteiger partial charge in [0.1, 0.15) is 5.82 Å². The molecule has 1 atom stereocenters. The van der Waals surface area contributed by atoms with E-state index >= 15 is 0 Å². The highest BCUT2D eigenvalue weighted by Crippen LogP contribution is 2.21. The van der Waals surface area contributed by atoms with E-state index < -0.39 is 0 Å². The van der Waals surface area contributed by atoms with Crippen molar-refractivity contribution in [1.82, 2.24) is 30.2 Å². The van der Waals surface area contributed by atoms with Gasteiger partial charge in [-0.3, -0.25) is 9.97 Å². The second kappa shape index (κ2) is 7.73. The summed E-state index contributed by atoms with van der Waals surface area (Å²) in [6.07, 6.45) is 6.41. The van der Waals surface area contributed by atoms with Gasteiger partial charge in [0.05, 0.1) is 35.2 Å². The van der Waals surface area contributed by atoms with E-state index in [2.05, 4.69) is 25.3 Å². The number of likely N-dealkylation sites (tertiary alicyclic amines) is 1. The Morgan fingerprint density at radius 1 is 1.30 bits per heavy atom. The van der Waals surface area contributed by atoms with Crippen molar-refractivity contribution in [3.8, 4) is 0 Å². The van der Waals surface area contributed by atoms with Gasteiger partial charge in [0.25, 0.3) is 0 Å². The van der Waals surface area contributed by atoms with Crippen molar-refractivity contribution in [2.24, 2.45) is 5.92 Å². The summed E-state index contributed by atoms with van der Waals surface area (Å²) in [5.74, 6) is 1.42. The lowest BCUT2D eigenvalue weighted by Gasteiger charge is -2.32. The first kappa shape index (κ1) is 17.5. The monoisotopic (exact) mass is 364 g/mol. The van der Waals surface area contributed by atoms with Crippen LogP contribution in [0.2, 0.25) is 0 Å². The Labute approximate surface area is 158 Å². The van der Waals surface area contributed by atoms with Crippen LogP contribution in [-0.4, -0.2) is 44.0 Å². The number of piperidine rings is 1. The van der Waals surface area contributed by atoms with E-state index in [1.54, 1.807) is 12.4 Å². The number of urea groups is 1. The van der Waals surface area contributed by atoms with Crippen LogP contribution in [0, 0.1) is 12.8 Å². The van der Waals surface area contributed by atoms with Gasteiger partial charge in [-0.05, 0) is 37.8 Å². The molecule has 140 valence electrons. The van der Waals surface area contributed by atoms with Crippen LogP contribution in [0.3, 0.4) is 0 Å². The topological polar surface area (TPSA) is 86.8 Å². The van der Waals surface area contributed by atoms with E-state index in [9.17, 15) is 4.79 Å². The van der Waals surface area contributed by atoms with Gasteiger partial charge in [0.15, 0.2) is 0 Å². The van der Waals surface area contributed by atoms with Crippen LogP contribution in [0.15, 0.2) is 36.7 Å². The Morgan fingerprint density at radius 2 is 2.19 bits per heavy atom. The van der Waals surface area contributed by atoms with Crippen molar-refractivity contribution in [1.29, 1.82) is 0 Å². The van der Waals surface area contributed by atoms with Gasteiger partial charge in [-0.1, -0.05) is 12.1 Å². The maximum Gasteiger partial charge on any atom is 0.317 e. The minimum atomic E-state index is -0.0355. The van der Waals surface area contributed by atoms with Crippen molar-refractivity contribution < 1.29 is 4.79 Å². The maximum absolute atomic E-state index is 12.5. The molecule has 3 aromatic rings. The van der Waals surface area contributed by atoms with Gasteiger partial charge in [0.2, 0.25) is 0 Å². The van der Waals surface area contributed by atoms with Crippen LogP contribution in [0.25, 0.3) is 11.0 Å². The largest absolute Gasteiger partial charge is 0.342 e. The molecule has 27 heavy (non-hydrogen) atoms. The molecular formula is C20H24N6O. The summed E-state index contributed by atoms with van der Waals surface area (Å²) in [7, 11) is 0. The number of aromatic nitrogens is 4. The quantitative estimate of drug-likeness (QED) is 0.745. The number of H-pyrrole nitrogens is 1. The van der Waals surface area contributed by atoms with Gasteiger partial charge in [-0.15, -0.1) is 0 Å². The van der Waals surface area contributed by atoms with Crippen LogP contribution >= 0.6 is 0 Å². The van der Waals surface area contributed by atoms with E-state index in [1.807, 2.05) is 36.1 Å². The smallest absolute Gasteiger partial charge is 0.317 e. The van der Waals surface area contributed by atoms with Crippen molar-refractivity contribution in [3.63, 3.8) is 0 Å². The molecule has 4 rings (SSSR count). The lowest BCUT2D eigenvalue weighted by Crippen LogP contribution is -2.45. The first-order chi connectivity index (χ1) is 13.2. The SMILES string of the molecule is Cc1cnc(CNC(=O)N2CCCC(Cc3nc4ccccc4[nH]3)C2)cn1. The fourth-order valence-corrected chi connectivity index (χ4v) is 3.58. The van der Waals surface area contributed by atoms with Crippen LogP contribution in [0.1, 0.15) is 30.1 Å². The summed E-state index contributed by atoms with van der Waals surface area (Å²) < 4.78 is 0. The van der Waals surface area contributed by atoms with Gasteiger partial charge in [-0.2, -0.15) is 0 Å². The molecule has 0 radical (unpaired) electrons.